The lowest BCUT2D eigenvalue weighted by atomic mass is 10.2. The van der Waals surface area contributed by atoms with Gasteiger partial charge < -0.3 is 10.1 Å². The zero-order chi connectivity index (χ0) is 20.1. The van der Waals surface area contributed by atoms with Gasteiger partial charge in [-0.05, 0) is 55.1 Å². The second kappa shape index (κ2) is 9.35. The van der Waals surface area contributed by atoms with Crippen molar-refractivity contribution in [3.8, 4) is 16.3 Å². The van der Waals surface area contributed by atoms with Crippen molar-refractivity contribution < 1.29 is 9.53 Å². The molecule has 4 rings (SSSR count). The van der Waals surface area contributed by atoms with Crippen LogP contribution in [0.2, 0.25) is 0 Å². The van der Waals surface area contributed by atoms with Crippen LogP contribution in [-0.2, 0) is 4.74 Å². The Bertz CT molecular complexity index is 946. The first-order valence-corrected chi connectivity index (χ1v) is 10.9. The largest absolute Gasteiger partial charge is 0.379 e. The lowest BCUT2D eigenvalue weighted by Gasteiger charge is -2.26. The average molecular weight is 411 g/mol. The maximum absolute atomic E-state index is 13.0. The Morgan fingerprint density at radius 2 is 2.07 bits per heavy atom. The molecule has 0 atom stereocenters. The Morgan fingerprint density at radius 1 is 1.21 bits per heavy atom. The van der Waals surface area contributed by atoms with E-state index in [1.807, 2.05) is 54.8 Å². The van der Waals surface area contributed by atoms with Crippen LogP contribution in [0.5, 0.6) is 0 Å². The molecule has 2 aromatic heterocycles. The highest BCUT2D eigenvalue weighted by Crippen LogP contribution is 2.26. The summed E-state index contributed by atoms with van der Waals surface area (Å²) in [6.07, 6.45) is 0.919. The van der Waals surface area contributed by atoms with Gasteiger partial charge in [0.2, 0.25) is 0 Å². The van der Waals surface area contributed by atoms with E-state index in [2.05, 4.69) is 10.2 Å². The minimum absolute atomic E-state index is 0.0937. The number of carbonyl (C=O) groups excluding carboxylic acids is 1. The van der Waals surface area contributed by atoms with E-state index in [4.69, 9.17) is 9.84 Å². The summed E-state index contributed by atoms with van der Waals surface area (Å²) in [5.41, 5.74) is 3.41. The predicted octanol–water partition coefficient (Wildman–Crippen LogP) is 3.36. The number of hydrogen-bond donors (Lipinski definition) is 1. The van der Waals surface area contributed by atoms with Gasteiger partial charge in [-0.25, -0.2) is 4.68 Å². The van der Waals surface area contributed by atoms with Crippen LogP contribution in [0.4, 0.5) is 0 Å². The number of morpholine rings is 1. The van der Waals surface area contributed by atoms with E-state index in [1.165, 1.54) is 0 Å². The lowest BCUT2D eigenvalue weighted by molar-refractivity contribution is 0.0374. The summed E-state index contributed by atoms with van der Waals surface area (Å²) in [5.74, 6) is -0.0937. The first-order valence-electron chi connectivity index (χ1n) is 10.00. The number of benzene rings is 1. The molecule has 3 aromatic rings. The Balaban J connectivity index is 1.48. The van der Waals surface area contributed by atoms with E-state index in [0.29, 0.717) is 12.2 Å². The molecule has 29 heavy (non-hydrogen) atoms. The maximum Gasteiger partial charge on any atom is 0.270 e. The third-order valence-electron chi connectivity index (χ3n) is 5.00. The van der Waals surface area contributed by atoms with E-state index in [9.17, 15) is 4.79 Å². The van der Waals surface area contributed by atoms with Gasteiger partial charge in [0.1, 0.15) is 11.4 Å². The van der Waals surface area contributed by atoms with Crippen molar-refractivity contribution in [1.29, 1.82) is 0 Å². The van der Waals surface area contributed by atoms with Crippen LogP contribution >= 0.6 is 11.3 Å². The topological polar surface area (TPSA) is 59.4 Å². The number of thiophene rings is 1. The standard InChI is InChI=1S/C22H26N4O2S/c1-17-5-2-6-18(15-17)26-20(16-19(24-26)21-7-3-14-29-21)22(27)23-8-4-9-25-10-12-28-13-11-25/h2-3,5-7,14-16H,4,8-13H2,1H3,(H,23,27). The summed E-state index contributed by atoms with van der Waals surface area (Å²) in [5, 5.41) is 9.82. The maximum atomic E-state index is 13.0. The molecular weight excluding hydrogens is 384 g/mol. The Morgan fingerprint density at radius 3 is 2.83 bits per heavy atom. The van der Waals surface area contributed by atoms with Crippen molar-refractivity contribution in [3.63, 3.8) is 0 Å². The van der Waals surface area contributed by atoms with Gasteiger partial charge in [-0.15, -0.1) is 11.3 Å². The van der Waals surface area contributed by atoms with Crippen LogP contribution in [0.3, 0.4) is 0 Å². The highest BCUT2D eigenvalue weighted by atomic mass is 32.1. The number of nitrogens with one attached hydrogen (secondary N) is 1. The van der Waals surface area contributed by atoms with Gasteiger partial charge in [0.25, 0.3) is 5.91 Å². The third kappa shape index (κ3) is 4.93. The highest BCUT2D eigenvalue weighted by molar-refractivity contribution is 7.13. The number of amides is 1. The van der Waals surface area contributed by atoms with Gasteiger partial charge in [-0.2, -0.15) is 5.10 Å². The Kier molecular flexibility index (Phi) is 6.39. The monoisotopic (exact) mass is 410 g/mol. The smallest absolute Gasteiger partial charge is 0.270 e. The molecule has 0 radical (unpaired) electrons. The molecule has 0 saturated carbocycles. The summed E-state index contributed by atoms with van der Waals surface area (Å²) in [6, 6.07) is 14.0. The second-order valence-corrected chi connectivity index (χ2v) is 8.15. The Labute approximate surface area is 175 Å². The normalized spacial score (nSPS) is 14.8. The average Bonchev–Trinajstić information content (AvgIpc) is 3.41. The predicted molar refractivity (Wildman–Crippen MR) is 116 cm³/mol. The molecule has 1 aliphatic heterocycles. The molecule has 1 aromatic carbocycles. The number of ether oxygens (including phenoxy) is 1. The van der Waals surface area contributed by atoms with Gasteiger partial charge in [-0.1, -0.05) is 18.2 Å². The fourth-order valence-electron chi connectivity index (χ4n) is 3.46. The number of nitrogens with zero attached hydrogens (tertiary/aromatic N) is 3. The Hall–Kier alpha value is -2.48. The molecule has 0 spiro atoms. The number of hydrogen-bond acceptors (Lipinski definition) is 5. The van der Waals surface area contributed by atoms with Gasteiger partial charge >= 0.3 is 0 Å². The molecule has 1 fully saturated rings. The number of carbonyl (C=O) groups is 1. The first kappa shape index (κ1) is 19.8. The summed E-state index contributed by atoms with van der Waals surface area (Å²) in [7, 11) is 0. The molecule has 7 heteroatoms. The van der Waals surface area contributed by atoms with E-state index in [0.717, 1.165) is 61.1 Å². The fourth-order valence-corrected chi connectivity index (χ4v) is 4.15. The van der Waals surface area contributed by atoms with E-state index in [1.54, 1.807) is 16.0 Å². The summed E-state index contributed by atoms with van der Waals surface area (Å²) < 4.78 is 7.13. The fraction of sp³-hybridized carbons (Fsp3) is 0.364. The molecule has 1 aliphatic rings. The van der Waals surface area contributed by atoms with Crippen LogP contribution < -0.4 is 5.32 Å². The molecule has 0 unspecified atom stereocenters. The second-order valence-electron chi connectivity index (χ2n) is 7.21. The van der Waals surface area contributed by atoms with E-state index in [-0.39, 0.29) is 5.91 Å². The van der Waals surface area contributed by atoms with Crippen molar-refractivity contribution in [2.45, 2.75) is 13.3 Å². The van der Waals surface area contributed by atoms with Gasteiger partial charge in [0.05, 0.1) is 23.8 Å². The molecule has 6 nitrogen and oxygen atoms in total. The summed E-state index contributed by atoms with van der Waals surface area (Å²) in [4.78, 5) is 16.4. The molecule has 1 saturated heterocycles. The van der Waals surface area contributed by atoms with Crippen molar-refractivity contribution in [2.24, 2.45) is 0 Å². The van der Waals surface area contributed by atoms with Crippen LogP contribution in [0.1, 0.15) is 22.5 Å². The first-order chi connectivity index (χ1) is 14.2. The number of aromatic nitrogens is 2. The molecule has 1 N–H and O–H groups in total. The zero-order valence-electron chi connectivity index (χ0n) is 16.6. The van der Waals surface area contributed by atoms with Crippen LogP contribution in [0.15, 0.2) is 47.8 Å². The van der Waals surface area contributed by atoms with Crippen molar-refractivity contribution in [1.82, 2.24) is 20.0 Å². The number of rotatable bonds is 7. The van der Waals surface area contributed by atoms with Crippen LogP contribution in [0, 0.1) is 6.92 Å². The van der Waals surface area contributed by atoms with Gasteiger partial charge in [0.15, 0.2) is 0 Å². The summed E-state index contributed by atoms with van der Waals surface area (Å²) >= 11 is 1.62. The molecule has 3 heterocycles. The van der Waals surface area contributed by atoms with E-state index < -0.39 is 0 Å². The van der Waals surface area contributed by atoms with Gasteiger partial charge in [0, 0.05) is 19.6 Å². The summed E-state index contributed by atoms with van der Waals surface area (Å²) in [6.45, 7) is 7.20. The highest BCUT2D eigenvalue weighted by Gasteiger charge is 2.18. The molecular formula is C22H26N4O2S. The van der Waals surface area contributed by atoms with Crippen molar-refractivity contribution in [3.05, 3.63) is 59.1 Å². The minimum atomic E-state index is -0.0937. The SMILES string of the molecule is Cc1cccc(-n2nc(-c3cccs3)cc2C(=O)NCCCN2CCOCC2)c1. The van der Waals surface area contributed by atoms with Crippen molar-refractivity contribution >= 4 is 17.2 Å². The molecule has 0 bridgehead atoms. The van der Waals surface area contributed by atoms with E-state index >= 15 is 0 Å². The number of aryl methyl sites for hydroxylation is 1. The lowest BCUT2D eigenvalue weighted by Crippen LogP contribution is -2.38. The van der Waals surface area contributed by atoms with Gasteiger partial charge in [-0.3, -0.25) is 9.69 Å². The zero-order valence-corrected chi connectivity index (χ0v) is 17.5. The van der Waals surface area contributed by atoms with Crippen molar-refractivity contribution in [2.75, 3.05) is 39.4 Å². The molecule has 1 amide bonds. The quantitative estimate of drug-likeness (QED) is 0.607. The third-order valence-corrected chi connectivity index (χ3v) is 5.89. The van der Waals surface area contributed by atoms with Crippen LogP contribution in [0.25, 0.3) is 16.3 Å². The molecule has 152 valence electrons. The minimum Gasteiger partial charge on any atom is -0.379 e. The van der Waals surface area contributed by atoms with Crippen LogP contribution in [-0.4, -0.2) is 60.0 Å². The molecule has 0 aliphatic carbocycles.